The van der Waals surface area contributed by atoms with E-state index in [9.17, 15) is 10.2 Å². The molecule has 0 bridgehead atoms. The molecule has 0 unspecified atom stereocenters. The van der Waals surface area contributed by atoms with Crippen LogP contribution in [0.5, 0.6) is 0 Å². The van der Waals surface area contributed by atoms with Crippen molar-refractivity contribution >= 4 is 11.4 Å². The van der Waals surface area contributed by atoms with E-state index in [1.165, 1.54) is 0 Å². The molecule has 0 saturated heterocycles. The maximum atomic E-state index is 11.2. The Bertz CT molecular complexity index is 306. The average molecular weight is 342 g/mol. The quantitative estimate of drug-likeness (QED) is 0.413. The van der Waals surface area contributed by atoms with Gasteiger partial charge in [0.15, 0.2) is 0 Å². The minimum Gasteiger partial charge on any atom is -0.845 e. The van der Waals surface area contributed by atoms with Crippen LogP contribution in [0.15, 0.2) is 10.2 Å². The Morgan fingerprint density at radius 3 is 0.952 bits per heavy atom. The summed E-state index contributed by atoms with van der Waals surface area (Å²) in [6.07, 6.45) is 0. The van der Waals surface area contributed by atoms with Crippen molar-refractivity contribution in [1.82, 2.24) is 10.0 Å². The van der Waals surface area contributed by atoms with E-state index in [1.54, 1.807) is 79.8 Å². The van der Waals surface area contributed by atoms with Gasteiger partial charge in [-0.25, -0.2) is 0 Å². The molecule has 0 aromatic rings. The van der Waals surface area contributed by atoms with Gasteiger partial charge in [0, 0.05) is 39.6 Å². The second-order valence-electron chi connectivity index (χ2n) is 6.09. The number of hydrazone groups is 2. The second-order valence-corrected chi connectivity index (χ2v) is 6.09. The summed E-state index contributed by atoms with van der Waals surface area (Å²) >= 11 is 0. The maximum Gasteiger partial charge on any atom is 2.00 e. The molecule has 0 aliphatic heterocycles. The number of hydrogen-bond donors (Lipinski definition) is 0. The van der Waals surface area contributed by atoms with Crippen molar-refractivity contribution in [3.05, 3.63) is 0 Å². The molecule has 0 aromatic heterocycles. The molecular formula is C14H30FeN4O2. The molecule has 0 spiro atoms. The summed E-state index contributed by atoms with van der Waals surface area (Å²) in [5, 5.41) is 33.6. The molecule has 21 heavy (non-hydrogen) atoms. The third kappa shape index (κ3) is 15.6. The van der Waals surface area contributed by atoms with Gasteiger partial charge in [0.25, 0.3) is 0 Å². The predicted molar refractivity (Wildman–Crippen MR) is 81.8 cm³/mol. The Hall–Kier alpha value is -0.621. The standard InChI is InChI=1S/2C7H15N2O.Fe/c2*1-6(7(2,3)10)8-9(4)5;/h2*1-5H3;/q2*-1;+2. The summed E-state index contributed by atoms with van der Waals surface area (Å²) in [5.41, 5.74) is -0.885. The van der Waals surface area contributed by atoms with Crippen LogP contribution in [0.25, 0.3) is 0 Å². The summed E-state index contributed by atoms with van der Waals surface area (Å²) in [6.45, 7) is 9.91. The number of rotatable bonds is 4. The molecule has 7 heteroatoms. The molecule has 0 radical (unpaired) electrons. The molecular weight excluding hydrogens is 312 g/mol. The van der Waals surface area contributed by atoms with Crippen LogP contribution >= 0.6 is 0 Å². The van der Waals surface area contributed by atoms with Crippen molar-refractivity contribution < 1.29 is 27.3 Å². The zero-order valence-corrected chi connectivity index (χ0v) is 16.1. The first-order valence-electron chi connectivity index (χ1n) is 6.54. The Morgan fingerprint density at radius 2 is 0.905 bits per heavy atom. The fourth-order valence-corrected chi connectivity index (χ4v) is 0.841. The summed E-state index contributed by atoms with van der Waals surface area (Å²) in [5.74, 6) is 0. The van der Waals surface area contributed by atoms with Crippen LogP contribution in [0.1, 0.15) is 41.5 Å². The van der Waals surface area contributed by atoms with Crippen molar-refractivity contribution in [2.45, 2.75) is 52.7 Å². The van der Waals surface area contributed by atoms with E-state index in [-0.39, 0.29) is 17.1 Å². The first-order chi connectivity index (χ1) is 8.67. The molecule has 6 nitrogen and oxygen atoms in total. The average Bonchev–Trinajstić information content (AvgIpc) is 2.13. The fourth-order valence-electron chi connectivity index (χ4n) is 0.841. The van der Waals surface area contributed by atoms with E-state index in [4.69, 9.17) is 0 Å². The zero-order valence-electron chi connectivity index (χ0n) is 15.0. The molecule has 0 aromatic carbocycles. The molecule has 0 N–H and O–H groups in total. The van der Waals surface area contributed by atoms with Crippen LogP contribution in [0.4, 0.5) is 0 Å². The van der Waals surface area contributed by atoms with E-state index in [1.807, 2.05) is 0 Å². The molecule has 0 atom stereocenters. The van der Waals surface area contributed by atoms with Gasteiger partial charge >= 0.3 is 17.1 Å². The Morgan fingerprint density at radius 1 is 0.714 bits per heavy atom. The summed E-state index contributed by atoms with van der Waals surface area (Å²) in [7, 11) is 7.20. The molecule has 0 saturated carbocycles. The van der Waals surface area contributed by atoms with Gasteiger partial charge in [-0.05, 0) is 13.8 Å². The number of nitrogens with zero attached hydrogens (tertiary/aromatic N) is 4. The molecule has 0 aliphatic carbocycles. The van der Waals surface area contributed by atoms with Crippen LogP contribution in [0, 0.1) is 0 Å². The first-order valence-corrected chi connectivity index (χ1v) is 6.54. The predicted octanol–water partition coefficient (Wildman–Crippen LogP) is 0.123. The molecule has 0 fully saturated rings. The van der Waals surface area contributed by atoms with Crippen LogP contribution in [0.3, 0.4) is 0 Å². The van der Waals surface area contributed by atoms with Gasteiger partial charge in [0.1, 0.15) is 0 Å². The molecule has 0 rings (SSSR count). The molecule has 0 aliphatic rings. The smallest absolute Gasteiger partial charge is 0.845 e. The summed E-state index contributed by atoms with van der Waals surface area (Å²) < 4.78 is 0. The minimum absolute atomic E-state index is 0. The summed E-state index contributed by atoms with van der Waals surface area (Å²) in [6, 6.07) is 0. The van der Waals surface area contributed by atoms with Crippen molar-refractivity contribution in [3.8, 4) is 0 Å². The van der Waals surface area contributed by atoms with Gasteiger partial charge < -0.3 is 20.2 Å². The van der Waals surface area contributed by atoms with E-state index in [0.29, 0.717) is 11.4 Å². The largest absolute Gasteiger partial charge is 2.00 e. The molecule has 0 amide bonds. The van der Waals surface area contributed by atoms with Gasteiger partial charge in [0.2, 0.25) is 0 Å². The van der Waals surface area contributed by atoms with Crippen molar-refractivity contribution in [3.63, 3.8) is 0 Å². The van der Waals surface area contributed by atoms with Crippen molar-refractivity contribution in [2.75, 3.05) is 28.2 Å². The van der Waals surface area contributed by atoms with Gasteiger partial charge in [-0.1, -0.05) is 38.9 Å². The van der Waals surface area contributed by atoms with E-state index in [0.717, 1.165) is 0 Å². The van der Waals surface area contributed by atoms with Crippen LogP contribution in [0.2, 0.25) is 0 Å². The van der Waals surface area contributed by atoms with E-state index < -0.39 is 11.2 Å². The van der Waals surface area contributed by atoms with Crippen LogP contribution < -0.4 is 10.2 Å². The minimum atomic E-state index is -1.05. The maximum absolute atomic E-state index is 11.2. The third-order valence-corrected chi connectivity index (χ3v) is 2.44. The fraction of sp³-hybridized carbons (Fsp3) is 0.857. The second kappa shape index (κ2) is 10.2. The Kier molecular flexibility index (Phi) is 12.3. The summed E-state index contributed by atoms with van der Waals surface area (Å²) in [4.78, 5) is 0. The van der Waals surface area contributed by atoms with E-state index in [2.05, 4.69) is 10.2 Å². The normalized spacial score (nSPS) is 13.0. The van der Waals surface area contributed by atoms with Gasteiger partial charge in [-0.15, -0.1) is 0 Å². The SMILES string of the molecule is CC(=NN(C)C)C(C)(C)[O-].CC(=NN(C)C)C(C)(C)[O-].[Fe+2]. The van der Waals surface area contributed by atoms with Gasteiger partial charge in [-0.2, -0.15) is 10.2 Å². The first kappa shape index (κ1) is 25.3. The Labute approximate surface area is 140 Å². The third-order valence-electron chi connectivity index (χ3n) is 2.44. The molecule has 126 valence electrons. The number of hydrogen-bond acceptors (Lipinski definition) is 6. The Balaban J connectivity index is -0.000000295. The topological polar surface area (TPSA) is 77.3 Å². The van der Waals surface area contributed by atoms with Crippen molar-refractivity contribution in [1.29, 1.82) is 0 Å². The van der Waals surface area contributed by atoms with Crippen LogP contribution in [-0.2, 0) is 17.1 Å². The van der Waals surface area contributed by atoms with Gasteiger partial charge in [0.05, 0.1) is 0 Å². The monoisotopic (exact) mass is 342 g/mol. The van der Waals surface area contributed by atoms with Crippen molar-refractivity contribution in [2.24, 2.45) is 10.2 Å². The molecule has 0 heterocycles. The van der Waals surface area contributed by atoms with E-state index >= 15 is 0 Å². The van der Waals surface area contributed by atoms with Gasteiger partial charge in [-0.3, -0.25) is 0 Å². The van der Waals surface area contributed by atoms with Crippen LogP contribution in [-0.4, -0.2) is 60.8 Å². The zero-order chi connectivity index (χ0) is 16.7.